The third-order valence-corrected chi connectivity index (χ3v) is 5.39. The number of aromatic nitrogens is 3. The van der Waals surface area contributed by atoms with E-state index in [4.69, 9.17) is 9.72 Å². The zero-order chi connectivity index (χ0) is 20.5. The lowest BCUT2D eigenvalue weighted by atomic mass is 9.96. The van der Waals surface area contributed by atoms with Crippen LogP contribution in [0.25, 0.3) is 11.0 Å². The maximum absolute atomic E-state index is 12.9. The Hall–Kier alpha value is -3.33. The fourth-order valence-corrected chi connectivity index (χ4v) is 3.33. The third-order valence-electron chi connectivity index (χ3n) is 5.39. The fraction of sp³-hybridized carbons (Fsp3) is 0.348. The van der Waals surface area contributed by atoms with E-state index < -0.39 is 0 Å². The molecule has 29 heavy (non-hydrogen) atoms. The van der Waals surface area contributed by atoms with E-state index in [1.54, 1.807) is 16.5 Å². The van der Waals surface area contributed by atoms with Crippen LogP contribution in [0.5, 0.6) is 5.88 Å². The summed E-state index contributed by atoms with van der Waals surface area (Å²) in [4.78, 5) is 19.2. The van der Waals surface area contributed by atoms with Crippen LogP contribution in [0.4, 0.5) is 11.5 Å². The lowest BCUT2D eigenvalue weighted by Gasteiger charge is -2.25. The number of aryl methyl sites for hydroxylation is 3. The summed E-state index contributed by atoms with van der Waals surface area (Å²) in [6, 6.07) is 9.63. The van der Waals surface area contributed by atoms with Gasteiger partial charge in [0, 0.05) is 7.05 Å². The van der Waals surface area contributed by atoms with E-state index in [0.717, 1.165) is 35.2 Å². The van der Waals surface area contributed by atoms with Gasteiger partial charge in [-0.3, -0.25) is 14.4 Å². The van der Waals surface area contributed by atoms with Crippen molar-refractivity contribution in [3.8, 4) is 17.7 Å². The maximum Gasteiger partial charge on any atom is 0.308 e. The van der Waals surface area contributed by atoms with Crippen molar-refractivity contribution in [3.63, 3.8) is 0 Å². The van der Waals surface area contributed by atoms with Crippen molar-refractivity contribution in [2.45, 2.75) is 46.1 Å². The lowest BCUT2D eigenvalue weighted by Crippen LogP contribution is -2.26. The number of amides is 1. The van der Waals surface area contributed by atoms with Crippen LogP contribution >= 0.6 is 0 Å². The van der Waals surface area contributed by atoms with E-state index in [0.29, 0.717) is 17.2 Å². The Balaban J connectivity index is 1.82. The second kappa shape index (κ2) is 7.59. The van der Waals surface area contributed by atoms with E-state index in [1.807, 2.05) is 51.2 Å². The minimum absolute atomic E-state index is 0.196. The number of pyridine rings is 1. The molecule has 6 nitrogen and oxygen atoms in total. The summed E-state index contributed by atoms with van der Waals surface area (Å²) in [5.74, 6) is 6.03. The van der Waals surface area contributed by atoms with Crippen LogP contribution in [-0.2, 0) is 11.8 Å². The number of fused-ring (bicyclic) bond motifs is 1. The summed E-state index contributed by atoms with van der Waals surface area (Å²) in [5, 5.41) is 4.49. The quantitative estimate of drug-likeness (QED) is 0.629. The first-order valence-corrected chi connectivity index (χ1v) is 9.82. The van der Waals surface area contributed by atoms with Gasteiger partial charge in [0.1, 0.15) is 11.9 Å². The fourth-order valence-electron chi connectivity index (χ4n) is 3.33. The van der Waals surface area contributed by atoms with E-state index in [-0.39, 0.29) is 12.0 Å². The molecule has 1 amide bonds. The highest BCUT2D eigenvalue weighted by atomic mass is 16.5. The van der Waals surface area contributed by atoms with Gasteiger partial charge in [-0.25, -0.2) is 4.98 Å². The molecule has 0 spiro atoms. The number of benzene rings is 1. The van der Waals surface area contributed by atoms with Gasteiger partial charge in [0.15, 0.2) is 5.52 Å². The standard InChI is InChI=1S/C23H24N4O2/c1-5-7-21(28)27(17-11-10-15(2)16(3)14-17)20-13-12-19-22(24-20)23(25-26(19)4)29-18-8-6-9-18/h10-14,18H,6,8-9H2,1-4H3. The Morgan fingerprint density at radius 3 is 2.66 bits per heavy atom. The predicted octanol–water partition coefficient (Wildman–Crippen LogP) is 4.20. The molecule has 1 aliphatic carbocycles. The minimum Gasteiger partial charge on any atom is -0.472 e. The zero-order valence-electron chi connectivity index (χ0n) is 17.2. The van der Waals surface area contributed by atoms with Gasteiger partial charge in [-0.1, -0.05) is 12.0 Å². The Morgan fingerprint density at radius 2 is 2.00 bits per heavy atom. The highest BCUT2D eigenvalue weighted by molar-refractivity contribution is 6.10. The van der Waals surface area contributed by atoms with Crippen molar-refractivity contribution in [1.82, 2.24) is 14.8 Å². The monoisotopic (exact) mass is 388 g/mol. The molecule has 3 aromatic rings. The van der Waals surface area contributed by atoms with Crippen molar-refractivity contribution in [3.05, 3.63) is 41.5 Å². The maximum atomic E-state index is 12.9. The molecule has 148 valence electrons. The van der Waals surface area contributed by atoms with Crippen LogP contribution in [0.3, 0.4) is 0 Å². The molecule has 1 saturated carbocycles. The van der Waals surface area contributed by atoms with Crippen molar-refractivity contribution >= 4 is 28.4 Å². The van der Waals surface area contributed by atoms with Gasteiger partial charge in [0.25, 0.3) is 5.88 Å². The van der Waals surface area contributed by atoms with Gasteiger partial charge in [-0.05, 0) is 81.3 Å². The van der Waals surface area contributed by atoms with Crippen LogP contribution < -0.4 is 9.64 Å². The van der Waals surface area contributed by atoms with Gasteiger partial charge >= 0.3 is 5.91 Å². The Morgan fingerprint density at radius 1 is 1.21 bits per heavy atom. The molecule has 1 fully saturated rings. The van der Waals surface area contributed by atoms with Crippen LogP contribution in [0.2, 0.25) is 0 Å². The summed E-state index contributed by atoms with van der Waals surface area (Å²) in [5.41, 5.74) is 4.51. The van der Waals surface area contributed by atoms with Crippen molar-refractivity contribution in [2.24, 2.45) is 7.05 Å². The van der Waals surface area contributed by atoms with Gasteiger partial charge in [-0.15, -0.1) is 5.10 Å². The van der Waals surface area contributed by atoms with Crippen LogP contribution in [0.1, 0.15) is 37.3 Å². The highest BCUT2D eigenvalue weighted by Gasteiger charge is 2.24. The number of hydrogen-bond acceptors (Lipinski definition) is 4. The summed E-state index contributed by atoms with van der Waals surface area (Å²) in [6.45, 7) is 5.72. The Bertz CT molecular complexity index is 1150. The van der Waals surface area contributed by atoms with Crippen LogP contribution in [0.15, 0.2) is 30.3 Å². The highest BCUT2D eigenvalue weighted by Crippen LogP contribution is 2.32. The second-order valence-corrected chi connectivity index (χ2v) is 7.42. The second-order valence-electron chi connectivity index (χ2n) is 7.42. The molecule has 0 atom stereocenters. The van der Waals surface area contributed by atoms with Crippen LogP contribution in [-0.4, -0.2) is 26.8 Å². The zero-order valence-corrected chi connectivity index (χ0v) is 17.2. The third kappa shape index (κ3) is 3.56. The lowest BCUT2D eigenvalue weighted by molar-refractivity contribution is -0.112. The largest absolute Gasteiger partial charge is 0.472 e. The summed E-state index contributed by atoms with van der Waals surface area (Å²) in [6.07, 6.45) is 3.45. The number of anilines is 2. The summed E-state index contributed by atoms with van der Waals surface area (Å²) in [7, 11) is 1.87. The average molecular weight is 388 g/mol. The first kappa shape index (κ1) is 19.0. The Kier molecular flexibility index (Phi) is 4.98. The Labute approximate surface area is 170 Å². The van der Waals surface area contributed by atoms with E-state index in [9.17, 15) is 4.79 Å². The summed E-state index contributed by atoms with van der Waals surface area (Å²) >= 11 is 0. The molecule has 2 heterocycles. The SMILES string of the molecule is CC#CC(=O)N(c1ccc(C)c(C)c1)c1ccc2c(n1)c(OC1CCC1)nn2C. The van der Waals surface area contributed by atoms with Gasteiger partial charge in [0.2, 0.25) is 0 Å². The van der Waals surface area contributed by atoms with E-state index in [1.165, 1.54) is 6.42 Å². The predicted molar refractivity (Wildman–Crippen MR) is 113 cm³/mol. The normalized spacial score (nSPS) is 13.5. The molecule has 1 aliphatic rings. The van der Waals surface area contributed by atoms with Crippen molar-refractivity contribution < 1.29 is 9.53 Å². The topological polar surface area (TPSA) is 60.3 Å². The van der Waals surface area contributed by atoms with Gasteiger partial charge < -0.3 is 4.74 Å². The molecule has 1 aromatic carbocycles. The molecule has 0 aliphatic heterocycles. The molecule has 0 unspecified atom stereocenters. The molecule has 6 heteroatoms. The molecular weight excluding hydrogens is 364 g/mol. The minimum atomic E-state index is -0.326. The first-order valence-electron chi connectivity index (χ1n) is 9.82. The number of nitrogens with zero attached hydrogens (tertiary/aromatic N) is 4. The average Bonchev–Trinajstić information content (AvgIpc) is 2.97. The number of hydrogen-bond donors (Lipinski definition) is 0. The van der Waals surface area contributed by atoms with E-state index in [2.05, 4.69) is 16.9 Å². The smallest absolute Gasteiger partial charge is 0.308 e. The number of rotatable bonds is 4. The molecule has 4 rings (SSSR count). The molecule has 0 radical (unpaired) electrons. The molecule has 0 bridgehead atoms. The number of ether oxygens (including phenoxy) is 1. The number of carbonyl (C=O) groups is 1. The van der Waals surface area contributed by atoms with Crippen LogP contribution in [0, 0.1) is 25.7 Å². The molecule has 0 N–H and O–H groups in total. The molecular formula is C23H24N4O2. The van der Waals surface area contributed by atoms with Gasteiger partial charge in [-0.2, -0.15) is 0 Å². The first-order chi connectivity index (χ1) is 14.0. The van der Waals surface area contributed by atoms with Crippen molar-refractivity contribution in [1.29, 1.82) is 0 Å². The molecule has 0 saturated heterocycles. The molecule has 2 aromatic heterocycles. The van der Waals surface area contributed by atoms with E-state index >= 15 is 0 Å². The summed E-state index contributed by atoms with van der Waals surface area (Å²) < 4.78 is 7.80. The van der Waals surface area contributed by atoms with Crippen molar-refractivity contribution in [2.75, 3.05) is 4.90 Å². The van der Waals surface area contributed by atoms with Gasteiger partial charge in [0.05, 0.1) is 11.2 Å². The number of carbonyl (C=O) groups excluding carboxylic acids is 1.